The Labute approximate surface area is 162 Å². The fraction of sp³-hybridized carbons (Fsp3) is 0.941. The SMILES string of the molecule is CCO[Si](C)(CCCN(CCC[Si](C)(OCC)OCC)C(N)=O)OCC. The molecule has 0 saturated carbocycles. The fourth-order valence-electron chi connectivity index (χ4n) is 3.11. The van der Waals surface area contributed by atoms with Crippen LogP contribution in [0.3, 0.4) is 0 Å². The largest absolute Gasteiger partial charge is 0.395 e. The molecule has 7 nitrogen and oxygen atoms in total. The van der Waals surface area contributed by atoms with Crippen LogP contribution in [0.1, 0.15) is 40.5 Å². The van der Waals surface area contributed by atoms with E-state index in [4.69, 9.17) is 23.4 Å². The van der Waals surface area contributed by atoms with Crippen molar-refractivity contribution in [2.75, 3.05) is 39.5 Å². The van der Waals surface area contributed by atoms with E-state index < -0.39 is 17.1 Å². The van der Waals surface area contributed by atoms with Crippen LogP contribution in [0.4, 0.5) is 4.79 Å². The summed E-state index contributed by atoms with van der Waals surface area (Å²) < 4.78 is 23.4. The third kappa shape index (κ3) is 10.6. The maximum Gasteiger partial charge on any atom is 0.334 e. The number of urea groups is 1. The van der Waals surface area contributed by atoms with Crippen LogP contribution in [-0.2, 0) is 17.7 Å². The molecule has 0 radical (unpaired) electrons. The molecular formula is C17H40N2O5Si2. The molecule has 0 saturated heterocycles. The number of nitrogens with zero attached hydrogens (tertiary/aromatic N) is 1. The normalized spacial score (nSPS) is 12.4. The van der Waals surface area contributed by atoms with Crippen LogP contribution in [0.25, 0.3) is 0 Å². The average molecular weight is 409 g/mol. The monoisotopic (exact) mass is 408 g/mol. The molecule has 0 aliphatic rings. The van der Waals surface area contributed by atoms with Crippen LogP contribution in [-0.4, -0.2) is 67.6 Å². The average Bonchev–Trinajstić information content (AvgIpc) is 2.54. The number of carbonyl (C=O) groups is 1. The first kappa shape index (κ1) is 25.5. The third-order valence-electron chi connectivity index (χ3n) is 4.23. The number of nitrogens with two attached hydrogens (primary N) is 1. The van der Waals surface area contributed by atoms with E-state index in [1.54, 1.807) is 4.90 Å². The van der Waals surface area contributed by atoms with Crippen LogP contribution in [0, 0.1) is 0 Å². The summed E-state index contributed by atoms with van der Waals surface area (Å²) in [5.74, 6) is 0. The number of primary amides is 1. The van der Waals surface area contributed by atoms with Crippen LogP contribution in [0.15, 0.2) is 0 Å². The maximum absolute atomic E-state index is 11.8. The van der Waals surface area contributed by atoms with Crippen molar-refractivity contribution in [1.29, 1.82) is 0 Å². The topological polar surface area (TPSA) is 83.3 Å². The van der Waals surface area contributed by atoms with Crippen molar-refractivity contribution in [3.63, 3.8) is 0 Å². The summed E-state index contributed by atoms with van der Waals surface area (Å²) in [5.41, 5.74) is 5.56. The lowest BCUT2D eigenvalue weighted by Gasteiger charge is -2.29. The first-order chi connectivity index (χ1) is 12.3. The molecule has 0 unspecified atom stereocenters. The number of carbonyl (C=O) groups excluding carboxylic acids is 1. The highest BCUT2D eigenvalue weighted by atomic mass is 28.4. The Hall–Kier alpha value is -0.456. The van der Waals surface area contributed by atoms with Gasteiger partial charge in [0.15, 0.2) is 0 Å². The second kappa shape index (κ2) is 13.7. The predicted molar refractivity (Wildman–Crippen MR) is 110 cm³/mol. The second-order valence-electron chi connectivity index (χ2n) is 6.53. The van der Waals surface area contributed by atoms with Crippen LogP contribution in [0.5, 0.6) is 0 Å². The second-order valence-corrected chi connectivity index (χ2v) is 13.2. The number of amides is 2. The first-order valence-corrected chi connectivity index (χ1v) is 14.9. The summed E-state index contributed by atoms with van der Waals surface area (Å²) in [6, 6.07) is 1.32. The van der Waals surface area contributed by atoms with E-state index in [1.165, 1.54) is 0 Å². The Morgan fingerprint density at radius 1 is 0.769 bits per heavy atom. The number of rotatable bonds is 16. The lowest BCUT2D eigenvalue weighted by molar-refractivity contribution is 0.181. The molecule has 0 atom stereocenters. The van der Waals surface area contributed by atoms with Crippen LogP contribution >= 0.6 is 0 Å². The number of hydrogen-bond acceptors (Lipinski definition) is 5. The zero-order valence-corrected chi connectivity index (χ0v) is 19.6. The zero-order chi connectivity index (χ0) is 20.1. The summed E-state index contributed by atoms with van der Waals surface area (Å²) >= 11 is 0. The molecule has 2 N–H and O–H groups in total. The highest BCUT2D eigenvalue weighted by molar-refractivity contribution is 6.66. The van der Waals surface area contributed by atoms with Gasteiger partial charge < -0.3 is 28.3 Å². The van der Waals surface area contributed by atoms with Crippen molar-refractivity contribution in [2.45, 2.75) is 65.7 Å². The van der Waals surface area contributed by atoms with Crippen molar-refractivity contribution < 1.29 is 22.5 Å². The first-order valence-electron chi connectivity index (χ1n) is 9.86. The standard InChI is InChI=1S/C17H40N2O5Si2/c1-7-21-25(5,22-8-2)15-11-13-19(17(18)20)14-12-16-26(6,23-9-3)24-10-4/h7-16H2,1-6H3,(H2,18,20). The highest BCUT2D eigenvalue weighted by Crippen LogP contribution is 2.18. The Bertz CT molecular complexity index is 348. The summed E-state index contributed by atoms with van der Waals surface area (Å²) in [6.07, 6.45) is 1.66. The van der Waals surface area contributed by atoms with E-state index in [1.807, 2.05) is 27.7 Å². The molecular weight excluding hydrogens is 368 g/mol. The van der Waals surface area contributed by atoms with E-state index in [0.29, 0.717) is 39.5 Å². The van der Waals surface area contributed by atoms with Crippen molar-refractivity contribution in [3.8, 4) is 0 Å². The van der Waals surface area contributed by atoms with Crippen molar-refractivity contribution in [1.82, 2.24) is 4.90 Å². The summed E-state index contributed by atoms with van der Waals surface area (Å²) in [7, 11) is -4.29. The van der Waals surface area contributed by atoms with Gasteiger partial charge in [-0.2, -0.15) is 0 Å². The van der Waals surface area contributed by atoms with E-state index in [0.717, 1.165) is 24.9 Å². The van der Waals surface area contributed by atoms with Crippen LogP contribution in [0.2, 0.25) is 25.2 Å². The lowest BCUT2D eigenvalue weighted by atomic mass is 10.4. The molecule has 0 fully saturated rings. The maximum atomic E-state index is 11.8. The van der Waals surface area contributed by atoms with Crippen molar-refractivity contribution in [3.05, 3.63) is 0 Å². The molecule has 2 amide bonds. The van der Waals surface area contributed by atoms with Gasteiger partial charge in [0, 0.05) is 39.5 Å². The minimum absolute atomic E-state index is 0.377. The Morgan fingerprint density at radius 2 is 1.08 bits per heavy atom. The smallest absolute Gasteiger partial charge is 0.334 e. The van der Waals surface area contributed by atoms with Gasteiger partial charge >= 0.3 is 23.2 Å². The molecule has 0 aliphatic heterocycles. The Balaban J connectivity index is 4.46. The highest BCUT2D eigenvalue weighted by Gasteiger charge is 2.32. The van der Waals surface area contributed by atoms with Gasteiger partial charge in [0.05, 0.1) is 0 Å². The molecule has 26 heavy (non-hydrogen) atoms. The molecule has 0 aromatic heterocycles. The van der Waals surface area contributed by atoms with Crippen LogP contribution < -0.4 is 5.73 Å². The van der Waals surface area contributed by atoms with Gasteiger partial charge in [0.2, 0.25) is 0 Å². The van der Waals surface area contributed by atoms with E-state index in [9.17, 15) is 4.79 Å². The van der Waals surface area contributed by atoms with Gasteiger partial charge in [-0.1, -0.05) is 0 Å². The summed E-state index contributed by atoms with van der Waals surface area (Å²) in [4.78, 5) is 13.5. The van der Waals surface area contributed by atoms with Gasteiger partial charge in [-0.05, 0) is 65.7 Å². The molecule has 0 aliphatic carbocycles. The van der Waals surface area contributed by atoms with Gasteiger partial charge in [0.1, 0.15) is 0 Å². The lowest BCUT2D eigenvalue weighted by Crippen LogP contribution is -2.43. The molecule has 0 bridgehead atoms. The molecule has 0 rings (SSSR count). The minimum Gasteiger partial charge on any atom is -0.395 e. The number of hydrogen-bond donors (Lipinski definition) is 1. The summed E-state index contributed by atoms with van der Waals surface area (Å²) in [6.45, 7) is 16.0. The van der Waals surface area contributed by atoms with Crippen molar-refractivity contribution >= 4 is 23.2 Å². The third-order valence-corrected chi connectivity index (χ3v) is 10.3. The Kier molecular flexibility index (Phi) is 13.4. The van der Waals surface area contributed by atoms with E-state index in [2.05, 4.69) is 13.1 Å². The molecule has 0 aromatic carbocycles. The summed E-state index contributed by atoms with van der Waals surface area (Å²) in [5, 5.41) is 0. The quantitative estimate of drug-likeness (QED) is 0.396. The molecule has 0 spiro atoms. The van der Waals surface area contributed by atoms with Gasteiger partial charge in [-0.25, -0.2) is 4.79 Å². The Morgan fingerprint density at radius 3 is 1.31 bits per heavy atom. The molecule has 0 heterocycles. The minimum atomic E-state index is -2.15. The van der Waals surface area contributed by atoms with Crippen molar-refractivity contribution in [2.24, 2.45) is 5.73 Å². The molecule has 156 valence electrons. The van der Waals surface area contributed by atoms with E-state index in [-0.39, 0.29) is 6.03 Å². The molecule has 0 aromatic rings. The van der Waals surface area contributed by atoms with Gasteiger partial charge in [-0.15, -0.1) is 0 Å². The van der Waals surface area contributed by atoms with Gasteiger partial charge in [-0.3, -0.25) is 0 Å². The predicted octanol–water partition coefficient (Wildman–Crippen LogP) is 3.44. The fourth-order valence-corrected chi connectivity index (χ4v) is 7.89. The molecule has 9 heteroatoms. The van der Waals surface area contributed by atoms with Gasteiger partial charge in [0.25, 0.3) is 0 Å². The van der Waals surface area contributed by atoms with E-state index >= 15 is 0 Å². The zero-order valence-electron chi connectivity index (χ0n) is 17.6.